The van der Waals surface area contributed by atoms with Crippen molar-refractivity contribution in [2.45, 2.75) is 38.5 Å². The number of hydrogen-bond donors (Lipinski definition) is 1. The van der Waals surface area contributed by atoms with Crippen molar-refractivity contribution in [1.29, 1.82) is 0 Å². The number of amides is 2. The lowest BCUT2D eigenvalue weighted by atomic mass is 10.2. The molecule has 1 saturated heterocycles. The van der Waals surface area contributed by atoms with Crippen LogP contribution in [-0.4, -0.2) is 57.9 Å². The van der Waals surface area contributed by atoms with Crippen LogP contribution in [-0.2, 0) is 4.74 Å². The monoisotopic (exact) mass is 254 g/mol. The highest BCUT2D eigenvalue weighted by atomic mass is 16.6. The molecule has 0 spiro atoms. The van der Waals surface area contributed by atoms with Crippen molar-refractivity contribution in [1.82, 2.24) is 9.80 Å². The molecule has 2 amide bonds. The van der Waals surface area contributed by atoms with Crippen molar-refractivity contribution < 1.29 is 19.4 Å². The topological polar surface area (TPSA) is 70.1 Å². The van der Waals surface area contributed by atoms with Crippen molar-refractivity contribution in [2.75, 3.05) is 13.1 Å². The average Bonchev–Trinajstić information content (AvgIpc) is 2.47. The molecule has 1 N–H and O–H groups in total. The molecule has 2 atom stereocenters. The molecule has 18 heavy (non-hydrogen) atoms. The van der Waals surface area contributed by atoms with Gasteiger partial charge >= 0.3 is 12.2 Å². The second kappa shape index (κ2) is 4.19. The molecule has 6 heteroatoms. The van der Waals surface area contributed by atoms with E-state index in [2.05, 4.69) is 0 Å². The molecule has 100 valence electrons. The number of carboxylic acid groups (broad SMARTS) is 1. The first kappa shape index (κ1) is 12.7. The summed E-state index contributed by atoms with van der Waals surface area (Å²) in [6, 6.07) is -0.512. The molecule has 0 aromatic heterocycles. The lowest BCUT2D eigenvalue weighted by Gasteiger charge is -2.39. The molecule has 2 rings (SSSR count). The third kappa shape index (κ3) is 2.42. The standard InChI is InChI=1S/C12H18N2O4/c1-12(2,3)18-11(17)13-6-8-4-5-9(7-13)14(8)10(15)16/h4-5,8-9H,6-7H2,1-3H3,(H,15,16). The molecule has 2 unspecified atom stereocenters. The Kier molecular flexibility index (Phi) is 2.96. The van der Waals surface area contributed by atoms with Crippen LogP contribution in [0.2, 0.25) is 0 Å². The summed E-state index contributed by atoms with van der Waals surface area (Å²) >= 11 is 0. The maximum absolute atomic E-state index is 11.9. The van der Waals surface area contributed by atoms with E-state index in [1.807, 2.05) is 32.9 Å². The lowest BCUT2D eigenvalue weighted by molar-refractivity contribution is 0.00592. The van der Waals surface area contributed by atoms with Crippen LogP contribution in [0, 0.1) is 0 Å². The Morgan fingerprint density at radius 2 is 1.72 bits per heavy atom. The van der Waals surface area contributed by atoms with Crippen LogP contribution < -0.4 is 0 Å². The lowest BCUT2D eigenvalue weighted by Crippen LogP contribution is -2.58. The van der Waals surface area contributed by atoms with Crippen molar-refractivity contribution >= 4 is 12.2 Å². The smallest absolute Gasteiger partial charge is 0.410 e. The summed E-state index contributed by atoms with van der Waals surface area (Å²) in [5.74, 6) is 0. The quantitative estimate of drug-likeness (QED) is 0.665. The highest BCUT2D eigenvalue weighted by Crippen LogP contribution is 2.25. The van der Waals surface area contributed by atoms with Gasteiger partial charge in [0.2, 0.25) is 0 Å². The first-order valence-electron chi connectivity index (χ1n) is 5.95. The Labute approximate surface area is 106 Å². The minimum atomic E-state index is -0.946. The van der Waals surface area contributed by atoms with Gasteiger partial charge < -0.3 is 14.7 Å². The molecule has 0 saturated carbocycles. The van der Waals surface area contributed by atoms with Gasteiger partial charge in [-0.2, -0.15) is 0 Å². The van der Waals surface area contributed by atoms with E-state index in [1.165, 1.54) is 4.90 Å². The first-order chi connectivity index (χ1) is 8.28. The summed E-state index contributed by atoms with van der Waals surface area (Å²) < 4.78 is 5.29. The van der Waals surface area contributed by atoms with Gasteiger partial charge in [0, 0.05) is 13.1 Å². The Hall–Kier alpha value is -1.72. The van der Waals surface area contributed by atoms with Crippen LogP contribution in [0.3, 0.4) is 0 Å². The minimum absolute atomic E-state index is 0.256. The van der Waals surface area contributed by atoms with Crippen LogP contribution in [0.5, 0.6) is 0 Å². The van der Waals surface area contributed by atoms with Crippen LogP contribution in [0.1, 0.15) is 20.8 Å². The summed E-state index contributed by atoms with van der Waals surface area (Å²) in [5, 5.41) is 9.08. The highest BCUT2D eigenvalue weighted by molar-refractivity contribution is 5.71. The SMILES string of the molecule is CC(C)(C)OC(=O)N1CC2C=CC(C1)N2C(=O)O. The van der Waals surface area contributed by atoms with Crippen LogP contribution >= 0.6 is 0 Å². The van der Waals surface area contributed by atoms with E-state index in [4.69, 9.17) is 9.84 Å². The Balaban J connectivity index is 2.01. The van der Waals surface area contributed by atoms with Crippen molar-refractivity contribution in [3.63, 3.8) is 0 Å². The van der Waals surface area contributed by atoms with Crippen LogP contribution in [0.4, 0.5) is 9.59 Å². The number of ether oxygens (including phenoxy) is 1. The maximum atomic E-state index is 11.9. The van der Waals surface area contributed by atoms with Crippen molar-refractivity contribution in [2.24, 2.45) is 0 Å². The molecule has 0 aliphatic carbocycles. The van der Waals surface area contributed by atoms with Gasteiger partial charge in [0.25, 0.3) is 0 Å². The molecule has 2 heterocycles. The van der Waals surface area contributed by atoms with Gasteiger partial charge in [-0.1, -0.05) is 12.2 Å². The van der Waals surface area contributed by atoms with Gasteiger partial charge in [-0.3, -0.25) is 4.90 Å². The number of carbonyl (C=O) groups is 2. The van der Waals surface area contributed by atoms with E-state index in [1.54, 1.807) is 4.90 Å². The zero-order chi connectivity index (χ0) is 13.5. The van der Waals surface area contributed by atoms with Crippen molar-refractivity contribution in [3.05, 3.63) is 12.2 Å². The molecule has 2 aliphatic heterocycles. The zero-order valence-corrected chi connectivity index (χ0v) is 10.8. The van der Waals surface area contributed by atoms with E-state index in [9.17, 15) is 9.59 Å². The molecular weight excluding hydrogens is 236 g/mol. The van der Waals surface area contributed by atoms with E-state index in [-0.39, 0.29) is 18.2 Å². The second-order valence-electron chi connectivity index (χ2n) is 5.59. The van der Waals surface area contributed by atoms with Crippen LogP contribution in [0.25, 0.3) is 0 Å². The third-order valence-electron chi connectivity index (χ3n) is 2.96. The Bertz CT molecular complexity index is 383. The fourth-order valence-electron chi connectivity index (χ4n) is 2.27. The summed E-state index contributed by atoms with van der Waals surface area (Å²) in [4.78, 5) is 25.9. The summed E-state index contributed by atoms with van der Waals surface area (Å²) in [7, 11) is 0. The maximum Gasteiger partial charge on any atom is 0.410 e. The molecule has 0 aromatic rings. The molecule has 2 bridgehead atoms. The molecule has 1 fully saturated rings. The Morgan fingerprint density at radius 3 is 2.11 bits per heavy atom. The third-order valence-corrected chi connectivity index (χ3v) is 2.96. The van der Waals surface area contributed by atoms with E-state index >= 15 is 0 Å². The van der Waals surface area contributed by atoms with Crippen LogP contribution in [0.15, 0.2) is 12.2 Å². The second-order valence-corrected chi connectivity index (χ2v) is 5.59. The molecule has 2 aliphatic rings. The Morgan fingerprint density at radius 1 is 1.22 bits per heavy atom. The predicted molar refractivity (Wildman–Crippen MR) is 64.4 cm³/mol. The van der Waals surface area contributed by atoms with Gasteiger partial charge in [-0.25, -0.2) is 9.59 Å². The van der Waals surface area contributed by atoms with Gasteiger partial charge in [0.05, 0.1) is 12.1 Å². The predicted octanol–water partition coefficient (Wildman–Crippen LogP) is 1.52. The number of piperazine rings is 1. The van der Waals surface area contributed by atoms with E-state index in [0.29, 0.717) is 13.1 Å². The summed E-state index contributed by atoms with van der Waals surface area (Å²) in [5.41, 5.74) is -0.534. The van der Waals surface area contributed by atoms with Gasteiger partial charge in [0.15, 0.2) is 0 Å². The van der Waals surface area contributed by atoms with Gasteiger partial charge in [-0.05, 0) is 20.8 Å². The molecule has 0 radical (unpaired) electrons. The number of rotatable bonds is 0. The van der Waals surface area contributed by atoms with E-state index < -0.39 is 11.7 Å². The average molecular weight is 254 g/mol. The molecule has 6 nitrogen and oxygen atoms in total. The van der Waals surface area contributed by atoms with Crippen molar-refractivity contribution in [3.8, 4) is 0 Å². The normalized spacial score (nSPS) is 26.4. The minimum Gasteiger partial charge on any atom is -0.465 e. The number of nitrogens with zero attached hydrogens (tertiary/aromatic N) is 2. The number of carbonyl (C=O) groups excluding carboxylic acids is 1. The zero-order valence-electron chi connectivity index (χ0n) is 10.8. The molecule has 0 aromatic carbocycles. The largest absolute Gasteiger partial charge is 0.465 e. The van der Waals surface area contributed by atoms with Gasteiger partial charge in [0.1, 0.15) is 5.60 Å². The number of hydrogen-bond acceptors (Lipinski definition) is 3. The van der Waals surface area contributed by atoms with E-state index in [0.717, 1.165) is 0 Å². The fourth-order valence-corrected chi connectivity index (χ4v) is 2.27. The first-order valence-corrected chi connectivity index (χ1v) is 5.95. The highest BCUT2D eigenvalue weighted by Gasteiger charge is 2.41. The van der Waals surface area contributed by atoms with Gasteiger partial charge in [-0.15, -0.1) is 0 Å². The fraction of sp³-hybridized carbons (Fsp3) is 0.667. The number of fused-ring (bicyclic) bond motifs is 2. The summed E-state index contributed by atoms with van der Waals surface area (Å²) in [6.07, 6.45) is 2.34. The molecular formula is C12H18N2O4. The summed E-state index contributed by atoms with van der Waals surface area (Å²) in [6.45, 7) is 6.14.